The average molecular weight is 299 g/mol. The standard InChI is InChI=1S/C16H15FN4O/c1-11(2)20-8-7-15-19-14(9-21(15)10-20)16(22)18-13-5-3-12(17)4-6-13/h3-9H,1,10H2,2H3,(H,18,22)/p+1. The largest absolute Gasteiger partial charge is 0.320 e. The van der Waals surface area contributed by atoms with Gasteiger partial charge in [0.25, 0.3) is 5.91 Å². The van der Waals surface area contributed by atoms with Crippen LogP contribution in [0, 0.1) is 5.82 Å². The van der Waals surface area contributed by atoms with E-state index in [-0.39, 0.29) is 11.7 Å². The van der Waals surface area contributed by atoms with Gasteiger partial charge < -0.3 is 10.2 Å². The van der Waals surface area contributed by atoms with Crippen molar-refractivity contribution >= 4 is 17.4 Å². The number of amides is 1. The SMILES string of the molecule is C=C(C)N1C=CC2=NC(C(=O)Nc3ccc(F)cc3)=C[NH+]2C1. The number of anilines is 1. The summed E-state index contributed by atoms with van der Waals surface area (Å²) in [5.41, 5.74) is 1.81. The van der Waals surface area contributed by atoms with Gasteiger partial charge in [-0.05, 0) is 31.2 Å². The van der Waals surface area contributed by atoms with Gasteiger partial charge in [-0.1, -0.05) is 6.58 Å². The van der Waals surface area contributed by atoms with Gasteiger partial charge in [-0.15, -0.1) is 0 Å². The second-order valence-electron chi connectivity index (χ2n) is 5.19. The normalized spacial score (nSPS) is 19.4. The molecule has 1 aromatic rings. The number of allylic oxidation sites excluding steroid dienone is 1. The fraction of sp³-hybridized carbons (Fsp3) is 0.125. The maximum absolute atomic E-state index is 12.9. The number of nitrogens with zero attached hydrogens (tertiary/aromatic N) is 2. The molecule has 0 fully saturated rings. The van der Waals surface area contributed by atoms with Crippen LogP contribution in [-0.4, -0.2) is 23.3 Å². The van der Waals surface area contributed by atoms with Crippen molar-refractivity contribution in [1.82, 2.24) is 4.90 Å². The van der Waals surface area contributed by atoms with E-state index in [0.29, 0.717) is 18.1 Å². The number of hydrogen-bond acceptors (Lipinski definition) is 3. The number of nitrogens with one attached hydrogen (secondary N) is 2. The highest BCUT2D eigenvalue weighted by Crippen LogP contribution is 2.12. The van der Waals surface area contributed by atoms with E-state index < -0.39 is 0 Å². The van der Waals surface area contributed by atoms with E-state index in [4.69, 9.17) is 0 Å². The Balaban J connectivity index is 1.72. The van der Waals surface area contributed by atoms with Gasteiger partial charge in [0.2, 0.25) is 5.84 Å². The Kier molecular flexibility index (Phi) is 3.60. The predicted octanol–water partition coefficient (Wildman–Crippen LogP) is 1.22. The molecule has 112 valence electrons. The lowest BCUT2D eigenvalue weighted by Gasteiger charge is -2.25. The monoisotopic (exact) mass is 299 g/mol. The number of quaternary nitrogens is 1. The molecule has 2 N–H and O–H groups in total. The van der Waals surface area contributed by atoms with Gasteiger partial charge in [0.15, 0.2) is 12.4 Å². The second kappa shape index (κ2) is 5.57. The van der Waals surface area contributed by atoms with Crippen molar-refractivity contribution < 1.29 is 14.1 Å². The van der Waals surface area contributed by atoms with Crippen molar-refractivity contribution in [1.29, 1.82) is 0 Å². The minimum atomic E-state index is -0.343. The number of carbonyl (C=O) groups is 1. The summed E-state index contributed by atoms with van der Waals surface area (Å²) in [6.45, 7) is 6.48. The molecule has 0 aromatic heterocycles. The minimum Gasteiger partial charge on any atom is -0.320 e. The Morgan fingerprint density at radius 1 is 1.41 bits per heavy atom. The molecule has 1 unspecified atom stereocenters. The van der Waals surface area contributed by atoms with E-state index in [2.05, 4.69) is 16.9 Å². The van der Waals surface area contributed by atoms with E-state index in [0.717, 1.165) is 16.4 Å². The highest BCUT2D eigenvalue weighted by molar-refractivity contribution is 6.06. The fourth-order valence-corrected chi connectivity index (χ4v) is 2.25. The number of fused-ring (bicyclic) bond motifs is 1. The molecule has 5 nitrogen and oxygen atoms in total. The summed E-state index contributed by atoms with van der Waals surface area (Å²) in [5.74, 6) is 0.142. The van der Waals surface area contributed by atoms with Gasteiger partial charge in [0.1, 0.15) is 12.0 Å². The molecule has 0 aliphatic carbocycles. The Morgan fingerprint density at radius 3 is 2.82 bits per heavy atom. The third-order valence-corrected chi connectivity index (χ3v) is 3.46. The van der Waals surface area contributed by atoms with Crippen LogP contribution in [-0.2, 0) is 4.79 Å². The van der Waals surface area contributed by atoms with Crippen LogP contribution in [0.25, 0.3) is 0 Å². The van der Waals surface area contributed by atoms with Crippen LogP contribution in [0.1, 0.15) is 6.92 Å². The van der Waals surface area contributed by atoms with Crippen LogP contribution in [0.4, 0.5) is 10.1 Å². The molecule has 1 aromatic carbocycles. The van der Waals surface area contributed by atoms with Crippen LogP contribution in [0.2, 0.25) is 0 Å². The molecule has 0 radical (unpaired) electrons. The molecule has 2 heterocycles. The van der Waals surface area contributed by atoms with E-state index in [1.807, 2.05) is 24.1 Å². The predicted molar refractivity (Wildman–Crippen MR) is 82.2 cm³/mol. The summed E-state index contributed by atoms with van der Waals surface area (Å²) >= 11 is 0. The number of aliphatic imine (C=N–C) groups is 1. The highest BCUT2D eigenvalue weighted by Gasteiger charge is 2.29. The maximum atomic E-state index is 12.9. The topological polar surface area (TPSA) is 49.1 Å². The quantitative estimate of drug-likeness (QED) is 0.882. The third kappa shape index (κ3) is 2.82. The average Bonchev–Trinajstić information content (AvgIpc) is 2.92. The first-order valence-electron chi connectivity index (χ1n) is 6.87. The Hall–Kier alpha value is -2.73. The first kappa shape index (κ1) is 14.2. The summed E-state index contributed by atoms with van der Waals surface area (Å²) in [5, 5.41) is 2.71. The number of benzene rings is 1. The van der Waals surface area contributed by atoms with E-state index in [9.17, 15) is 9.18 Å². The molecule has 22 heavy (non-hydrogen) atoms. The Labute approximate surface area is 127 Å². The number of amidine groups is 1. The molecular weight excluding hydrogens is 283 g/mol. The van der Waals surface area contributed by atoms with E-state index in [1.54, 1.807) is 6.20 Å². The molecule has 0 spiro atoms. The van der Waals surface area contributed by atoms with Gasteiger partial charge >= 0.3 is 0 Å². The smallest absolute Gasteiger partial charge is 0.280 e. The van der Waals surface area contributed by atoms with Crippen LogP contribution in [0.15, 0.2) is 65.7 Å². The molecule has 0 bridgehead atoms. The van der Waals surface area contributed by atoms with Crippen molar-refractivity contribution in [2.45, 2.75) is 6.92 Å². The molecular formula is C16H16FN4O+. The minimum absolute atomic E-state index is 0.309. The number of rotatable bonds is 3. The zero-order valence-electron chi connectivity index (χ0n) is 12.1. The highest BCUT2D eigenvalue weighted by atomic mass is 19.1. The summed E-state index contributed by atoms with van der Waals surface area (Å²) in [7, 11) is 0. The van der Waals surface area contributed by atoms with Gasteiger partial charge in [-0.25, -0.2) is 9.29 Å². The first-order valence-corrected chi connectivity index (χ1v) is 6.87. The van der Waals surface area contributed by atoms with Crippen molar-refractivity contribution in [2.24, 2.45) is 4.99 Å². The third-order valence-electron chi connectivity index (χ3n) is 3.46. The molecule has 3 rings (SSSR count). The second-order valence-corrected chi connectivity index (χ2v) is 5.19. The van der Waals surface area contributed by atoms with Crippen LogP contribution < -0.4 is 10.2 Å². The first-order chi connectivity index (χ1) is 10.5. The van der Waals surface area contributed by atoms with E-state index in [1.165, 1.54) is 24.3 Å². The van der Waals surface area contributed by atoms with Crippen molar-refractivity contribution in [3.8, 4) is 0 Å². The van der Waals surface area contributed by atoms with Gasteiger partial charge in [-0.2, -0.15) is 4.99 Å². The lowest BCUT2D eigenvalue weighted by Crippen LogP contribution is -3.11. The van der Waals surface area contributed by atoms with E-state index >= 15 is 0 Å². The van der Waals surface area contributed by atoms with Crippen molar-refractivity contribution in [3.63, 3.8) is 0 Å². The Morgan fingerprint density at radius 2 is 2.14 bits per heavy atom. The summed E-state index contributed by atoms with van der Waals surface area (Å²) in [4.78, 5) is 19.5. The molecule has 1 amide bonds. The lowest BCUT2D eigenvalue weighted by molar-refractivity contribution is -0.756. The number of halogens is 1. The summed E-state index contributed by atoms with van der Waals surface area (Å²) in [6, 6.07) is 5.62. The summed E-state index contributed by atoms with van der Waals surface area (Å²) < 4.78 is 12.9. The zero-order chi connectivity index (χ0) is 15.7. The molecule has 0 saturated carbocycles. The van der Waals surface area contributed by atoms with Gasteiger partial charge in [0.05, 0.1) is 0 Å². The van der Waals surface area contributed by atoms with Crippen LogP contribution >= 0.6 is 0 Å². The molecule has 1 atom stereocenters. The van der Waals surface area contributed by atoms with Crippen LogP contribution in [0.3, 0.4) is 0 Å². The lowest BCUT2D eigenvalue weighted by atomic mass is 10.3. The molecule has 2 aliphatic rings. The maximum Gasteiger partial charge on any atom is 0.280 e. The van der Waals surface area contributed by atoms with Crippen molar-refractivity contribution in [3.05, 3.63) is 66.5 Å². The number of hydrogen-bond donors (Lipinski definition) is 2. The molecule has 6 heteroatoms. The van der Waals surface area contributed by atoms with Crippen LogP contribution in [0.5, 0.6) is 0 Å². The van der Waals surface area contributed by atoms with Gasteiger partial charge in [-0.3, -0.25) is 4.79 Å². The molecule has 0 saturated heterocycles. The molecule has 2 aliphatic heterocycles. The van der Waals surface area contributed by atoms with Crippen molar-refractivity contribution in [2.75, 3.05) is 12.0 Å². The zero-order valence-corrected chi connectivity index (χ0v) is 12.1. The summed E-state index contributed by atoms with van der Waals surface area (Å²) in [6.07, 6.45) is 5.54. The Bertz CT molecular complexity index is 718. The van der Waals surface area contributed by atoms with Gasteiger partial charge in [0, 0.05) is 23.7 Å². The fourth-order valence-electron chi connectivity index (χ4n) is 2.25. The number of carbonyl (C=O) groups excluding carboxylic acids is 1.